The van der Waals surface area contributed by atoms with Crippen LogP contribution in [0.2, 0.25) is 0 Å². The summed E-state index contributed by atoms with van der Waals surface area (Å²) in [6, 6.07) is 10.4. The highest BCUT2D eigenvalue weighted by atomic mass is 32.2. The minimum absolute atomic E-state index is 0.0148. The van der Waals surface area contributed by atoms with Crippen molar-refractivity contribution in [2.45, 2.75) is 4.34 Å². The van der Waals surface area contributed by atoms with Crippen molar-refractivity contribution in [1.82, 2.24) is 10.2 Å². The SMILES string of the molecule is COc1ccc(C(=O)Nc2nnc(SCC(=O)Nc3cccc([N+](=O)[O-])c3)s2)cc1OC. The molecule has 3 aromatic rings. The minimum atomic E-state index is -0.538. The van der Waals surface area contributed by atoms with Crippen molar-refractivity contribution >= 4 is 51.4 Å². The van der Waals surface area contributed by atoms with E-state index in [4.69, 9.17) is 9.47 Å². The molecule has 0 aliphatic carbocycles. The lowest BCUT2D eigenvalue weighted by Crippen LogP contribution is -2.14. The molecule has 0 aliphatic rings. The van der Waals surface area contributed by atoms with E-state index in [9.17, 15) is 19.7 Å². The number of nitrogens with zero attached hydrogens (tertiary/aromatic N) is 3. The van der Waals surface area contributed by atoms with Crippen LogP contribution in [-0.4, -0.2) is 46.9 Å². The number of rotatable bonds is 9. The third-order valence-corrected chi connectivity index (χ3v) is 5.91. The zero-order valence-corrected chi connectivity index (χ0v) is 18.5. The Morgan fingerprint density at radius 3 is 2.59 bits per heavy atom. The van der Waals surface area contributed by atoms with Gasteiger partial charge in [0, 0.05) is 23.4 Å². The Bertz CT molecular complexity index is 1150. The van der Waals surface area contributed by atoms with Crippen LogP contribution >= 0.6 is 23.1 Å². The summed E-state index contributed by atoms with van der Waals surface area (Å²) in [4.78, 5) is 34.8. The number of methoxy groups -OCH3 is 2. The van der Waals surface area contributed by atoms with Crippen LogP contribution in [0.3, 0.4) is 0 Å². The highest BCUT2D eigenvalue weighted by Crippen LogP contribution is 2.29. The molecule has 32 heavy (non-hydrogen) atoms. The molecule has 13 heteroatoms. The van der Waals surface area contributed by atoms with Gasteiger partial charge in [0.15, 0.2) is 15.8 Å². The first kappa shape index (κ1) is 23.0. The third kappa shape index (κ3) is 5.92. The molecule has 0 unspecified atom stereocenters. The summed E-state index contributed by atoms with van der Waals surface area (Å²) in [5, 5.41) is 24.2. The Morgan fingerprint density at radius 1 is 1.09 bits per heavy atom. The Kier molecular flexibility index (Phi) is 7.57. The van der Waals surface area contributed by atoms with Gasteiger partial charge in [-0.15, -0.1) is 10.2 Å². The van der Waals surface area contributed by atoms with E-state index in [2.05, 4.69) is 20.8 Å². The van der Waals surface area contributed by atoms with E-state index < -0.39 is 10.8 Å². The van der Waals surface area contributed by atoms with Gasteiger partial charge < -0.3 is 14.8 Å². The maximum atomic E-state index is 12.4. The van der Waals surface area contributed by atoms with Crippen molar-refractivity contribution < 1.29 is 24.0 Å². The van der Waals surface area contributed by atoms with Crippen molar-refractivity contribution in [3.63, 3.8) is 0 Å². The fourth-order valence-electron chi connectivity index (χ4n) is 2.49. The van der Waals surface area contributed by atoms with E-state index in [0.717, 1.165) is 23.1 Å². The van der Waals surface area contributed by atoms with E-state index in [-0.39, 0.29) is 22.5 Å². The first-order valence-electron chi connectivity index (χ1n) is 8.93. The molecule has 1 aromatic heterocycles. The number of hydrogen-bond acceptors (Lipinski definition) is 10. The number of nitro benzene ring substituents is 1. The molecule has 0 aliphatic heterocycles. The molecule has 1 heterocycles. The Balaban J connectivity index is 1.54. The van der Waals surface area contributed by atoms with Crippen molar-refractivity contribution in [3.8, 4) is 11.5 Å². The van der Waals surface area contributed by atoms with Gasteiger partial charge in [0.2, 0.25) is 11.0 Å². The summed E-state index contributed by atoms with van der Waals surface area (Å²) < 4.78 is 10.8. The first-order valence-corrected chi connectivity index (χ1v) is 10.7. The van der Waals surface area contributed by atoms with Gasteiger partial charge in [0.05, 0.1) is 24.9 Å². The van der Waals surface area contributed by atoms with Crippen molar-refractivity contribution in [1.29, 1.82) is 0 Å². The summed E-state index contributed by atoms with van der Waals surface area (Å²) in [7, 11) is 2.98. The quantitative estimate of drug-likeness (QED) is 0.206. The number of ether oxygens (including phenoxy) is 2. The number of carbonyl (C=O) groups is 2. The van der Waals surface area contributed by atoms with Gasteiger partial charge in [-0.25, -0.2) is 0 Å². The fourth-order valence-corrected chi connectivity index (χ4v) is 4.03. The number of amides is 2. The smallest absolute Gasteiger partial charge is 0.271 e. The normalized spacial score (nSPS) is 10.3. The monoisotopic (exact) mass is 475 g/mol. The van der Waals surface area contributed by atoms with Crippen molar-refractivity contribution in [3.05, 3.63) is 58.1 Å². The maximum absolute atomic E-state index is 12.4. The number of anilines is 2. The molecule has 0 spiro atoms. The highest BCUT2D eigenvalue weighted by molar-refractivity contribution is 8.01. The van der Waals surface area contributed by atoms with Crippen LogP contribution in [0.1, 0.15) is 10.4 Å². The molecule has 0 saturated carbocycles. The molecule has 0 radical (unpaired) electrons. The van der Waals surface area contributed by atoms with Gasteiger partial charge in [-0.05, 0) is 24.3 Å². The number of nitro groups is 1. The lowest BCUT2D eigenvalue weighted by atomic mass is 10.2. The molecule has 2 N–H and O–H groups in total. The predicted molar refractivity (Wildman–Crippen MR) is 120 cm³/mol. The van der Waals surface area contributed by atoms with Gasteiger partial charge in [-0.2, -0.15) is 0 Å². The average molecular weight is 476 g/mol. The van der Waals surface area contributed by atoms with Crippen LogP contribution in [0.4, 0.5) is 16.5 Å². The summed E-state index contributed by atoms with van der Waals surface area (Å²) in [5.41, 5.74) is 0.558. The molecule has 0 atom stereocenters. The van der Waals surface area contributed by atoms with E-state index >= 15 is 0 Å². The van der Waals surface area contributed by atoms with E-state index in [1.54, 1.807) is 24.3 Å². The highest BCUT2D eigenvalue weighted by Gasteiger charge is 2.15. The van der Waals surface area contributed by atoms with Crippen molar-refractivity contribution in [2.24, 2.45) is 0 Å². The number of non-ortho nitro benzene ring substituents is 1. The van der Waals surface area contributed by atoms with Crippen molar-refractivity contribution in [2.75, 3.05) is 30.6 Å². The maximum Gasteiger partial charge on any atom is 0.271 e. The molecule has 0 saturated heterocycles. The third-order valence-electron chi connectivity index (χ3n) is 3.94. The number of carbonyl (C=O) groups excluding carboxylic acids is 2. The van der Waals surface area contributed by atoms with Gasteiger partial charge >= 0.3 is 0 Å². The molecule has 166 valence electrons. The standard InChI is InChI=1S/C19H17N5O6S2/c1-29-14-7-6-11(8-15(14)30-2)17(26)21-18-22-23-19(32-18)31-10-16(25)20-12-4-3-5-13(9-12)24(27)28/h3-9H,10H2,1-2H3,(H,20,25)(H,21,22,26). The molecule has 0 fully saturated rings. The summed E-state index contributed by atoms with van der Waals surface area (Å²) in [6.45, 7) is 0. The number of benzene rings is 2. The predicted octanol–water partition coefficient (Wildman–Crippen LogP) is 3.45. The Hall–Kier alpha value is -3.71. The first-order chi connectivity index (χ1) is 15.4. The van der Waals surface area contributed by atoms with Crippen LogP contribution in [0.25, 0.3) is 0 Å². The summed E-state index contributed by atoms with van der Waals surface area (Å²) in [5.74, 6) is 0.176. The number of thioether (sulfide) groups is 1. The van der Waals surface area contributed by atoms with E-state index in [1.807, 2.05) is 0 Å². The Morgan fingerprint density at radius 2 is 1.88 bits per heavy atom. The lowest BCUT2D eigenvalue weighted by molar-refractivity contribution is -0.384. The average Bonchev–Trinajstić information content (AvgIpc) is 3.24. The van der Waals surface area contributed by atoms with Gasteiger partial charge in [-0.3, -0.25) is 25.0 Å². The zero-order chi connectivity index (χ0) is 23.1. The van der Waals surface area contributed by atoms with Crippen LogP contribution < -0.4 is 20.1 Å². The van der Waals surface area contributed by atoms with Gasteiger partial charge in [-0.1, -0.05) is 29.2 Å². The molecular formula is C19H17N5O6S2. The van der Waals surface area contributed by atoms with Crippen LogP contribution in [0.15, 0.2) is 46.8 Å². The van der Waals surface area contributed by atoms with E-state index in [1.165, 1.54) is 32.4 Å². The summed E-state index contributed by atoms with van der Waals surface area (Å²) in [6.07, 6.45) is 0. The van der Waals surface area contributed by atoms with Gasteiger partial charge in [0.25, 0.3) is 11.6 Å². The molecule has 2 aromatic carbocycles. The largest absolute Gasteiger partial charge is 0.493 e. The fraction of sp³-hybridized carbons (Fsp3) is 0.158. The summed E-state index contributed by atoms with van der Waals surface area (Å²) >= 11 is 2.24. The van der Waals surface area contributed by atoms with Crippen LogP contribution in [0.5, 0.6) is 11.5 Å². The minimum Gasteiger partial charge on any atom is -0.493 e. The molecular weight excluding hydrogens is 458 g/mol. The van der Waals surface area contributed by atoms with Crippen LogP contribution in [0, 0.1) is 10.1 Å². The second-order valence-electron chi connectivity index (χ2n) is 6.04. The van der Waals surface area contributed by atoms with E-state index in [0.29, 0.717) is 27.1 Å². The Labute approximate surface area is 190 Å². The molecule has 11 nitrogen and oxygen atoms in total. The lowest BCUT2D eigenvalue weighted by Gasteiger charge is -2.08. The number of hydrogen-bond donors (Lipinski definition) is 2. The second-order valence-corrected chi connectivity index (χ2v) is 8.24. The molecule has 0 bridgehead atoms. The van der Waals surface area contributed by atoms with Gasteiger partial charge in [0.1, 0.15) is 0 Å². The second kappa shape index (κ2) is 10.5. The molecule has 3 rings (SSSR count). The zero-order valence-electron chi connectivity index (χ0n) is 16.9. The number of aromatic nitrogens is 2. The molecule has 2 amide bonds. The topological polar surface area (TPSA) is 146 Å². The number of nitrogens with one attached hydrogen (secondary N) is 2. The van der Waals surface area contributed by atoms with Crippen LogP contribution in [-0.2, 0) is 4.79 Å².